The molecule has 5 heteroatoms. The number of imidazole rings is 1. The third-order valence-electron chi connectivity index (χ3n) is 5.15. The molecule has 1 aliphatic rings. The Labute approximate surface area is 163 Å². The molecular weight excluding hydrogens is 352 g/mol. The summed E-state index contributed by atoms with van der Waals surface area (Å²) in [6.45, 7) is 1.39. The van der Waals surface area contributed by atoms with Crippen LogP contribution in [0.4, 0.5) is 0 Å². The largest absolute Gasteiger partial charge is 0.467 e. The fourth-order valence-electron chi connectivity index (χ4n) is 3.76. The molecule has 142 valence electrons. The minimum Gasteiger partial charge on any atom is -0.467 e. The van der Waals surface area contributed by atoms with Crippen LogP contribution in [0.1, 0.15) is 36.9 Å². The summed E-state index contributed by atoms with van der Waals surface area (Å²) in [5.74, 6) is 2.56. The Morgan fingerprint density at radius 1 is 1.00 bits per heavy atom. The standard InChI is InChI=1S/C23H22N2O3/c1-2-7-17(8-3-1)22-23(25(16-24-22)15-18-9-6-14-26-18)21-12-11-20(28-21)19-10-4-5-13-27-19/h1-3,6-9,11-12,14,16,19H,4-5,10,13,15H2/t19-/m0/s1. The Kier molecular flexibility index (Phi) is 4.59. The second kappa shape index (κ2) is 7.52. The molecule has 3 aromatic heterocycles. The van der Waals surface area contributed by atoms with Gasteiger partial charge >= 0.3 is 0 Å². The van der Waals surface area contributed by atoms with Crippen molar-refractivity contribution in [2.75, 3.05) is 6.61 Å². The normalized spacial score (nSPS) is 17.1. The van der Waals surface area contributed by atoms with E-state index in [2.05, 4.69) is 16.7 Å². The summed E-state index contributed by atoms with van der Waals surface area (Å²) in [5, 5.41) is 0. The van der Waals surface area contributed by atoms with Crippen molar-refractivity contribution in [1.29, 1.82) is 0 Å². The maximum absolute atomic E-state index is 6.27. The van der Waals surface area contributed by atoms with Gasteiger partial charge in [0.05, 0.1) is 24.8 Å². The highest BCUT2D eigenvalue weighted by molar-refractivity contribution is 5.76. The molecule has 0 aliphatic carbocycles. The molecule has 4 heterocycles. The summed E-state index contributed by atoms with van der Waals surface area (Å²) in [4.78, 5) is 4.70. The molecule has 0 spiro atoms. The summed E-state index contributed by atoms with van der Waals surface area (Å²) in [6, 6.07) is 18.1. The van der Waals surface area contributed by atoms with Crippen LogP contribution in [0.25, 0.3) is 22.7 Å². The number of ether oxygens (including phenoxy) is 1. The number of furan rings is 2. The quantitative estimate of drug-likeness (QED) is 0.450. The predicted octanol–water partition coefficient (Wildman–Crippen LogP) is 5.69. The molecule has 0 amide bonds. The Balaban J connectivity index is 1.56. The van der Waals surface area contributed by atoms with Crippen LogP contribution in [0.3, 0.4) is 0 Å². The van der Waals surface area contributed by atoms with Gasteiger partial charge in [0.1, 0.15) is 23.3 Å². The fraction of sp³-hybridized carbons (Fsp3) is 0.261. The van der Waals surface area contributed by atoms with Crippen LogP contribution in [0.2, 0.25) is 0 Å². The van der Waals surface area contributed by atoms with Crippen LogP contribution in [-0.4, -0.2) is 16.2 Å². The molecule has 1 fully saturated rings. The van der Waals surface area contributed by atoms with Gasteiger partial charge in [-0.1, -0.05) is 30.3 Å². The SMILES string of the molecule is c1ccc(-c2ncn(Cc3ccco3)c2-c2ccc([C@@H]3CCCCO3)o2)cc1. The van der Waals surface area contributed by atoms with Crippen molar-refractivity contribution in [3.8, 4) is 22.7 Å². The second-order valence-corrected chi connectivity index (χ2v) is 7.07. The lowest BCUT2D eigenvalue weighted by atomic mass is 10.1. The molecule has 0 radical (unpaired) electrons. The summed E-state index contributed by atoms with van der Waals surface area (Å²) < 4.78 is 19.8. The average Bonchev–Trinajstić information content (AvgIpc) is 3.50. The maximum Gasteiger partial charge on any atom is 0.153 e. The zero-order chi connectivity index (χ0) is 18.8. The second-order valence-electron chi connectivity index (χ2n) is 7.07. The molecule has 5 nitrogen and oxygen atoms in total. The Morgan fingerprint density at radius 2 is 1.93 bits per heavy atom. The minimum atomic E-state index is 0.0455. The molecular formula is C23H22N2O3. The maximum atomic E-state index is 6.27. The number of aromatic nitrogens is 2. The highest BCUT2D eigenvalue weighted by Gasteiger charge is 2.23. The van der Waals surface area contributed by atoms with E-state index in [4.69, 9.17) is 18.6 Å². The molecule has 1 aliphatic heterocycles. The van der Waals surface area contributed by atoms with E-state index in [1.165, 1.54) is 6.42 Å². The van der Waals surface area contributed by atoms with Crippen LogP contribution in [0.5, 0.6) is 0 Å². The number of nitrogens with zero attached hydrogens (tertiary/aromatic N) is 2. The van der Waals surface area contributed by atoms with E-state index in [0.717, 1.165) is 53.7 Å². The van der Waals surface area contributed by atoms with Crippen molar-refractivity contribution in [1.82, 2.24) is 9.55 Å². The zero-order valence-corrected chi connectivity index (χ0v) is 15.6. The first kappa shape index (κ1) is 17.1. The third kappa shape index (κ3) is 3.29. The first-order chi connectivity index (χ1) is 13.9. The van der Waals surface area contributed by atoms with Gasteiger partial charge in [-0.25, -0.2) is 4.98 Å². The van der Waals surface area contributed by atoms with E-state index in [9.17, 15) is 0 Å². The summed E-state index contributed by atoms with van der Waals surface area (Å²) >= 11 is 0. The fourth-order valence-corrected chi connectivity index (χ4v) is 3.76. The smallest absolute Gasteiger partial charge is 0.153 e. The van der Waals surface area contributed by atoms with Gasteiger partial charge in [0.15, 0.2) is 5.76 Å². The summed E-state index contributed by atoms with van der Waals surface area (Å²) in [6.07, 6.45) is 6.88. The van der Waals surface area contributed by atoms with Crippen molar-refractivity contribution in [3.05, 3.63) is 78.7 Å². The van der Waals surface area contributed by atoms with Crippen LogP contribution < -0.4 is 0 Å². The van der Waals surface area contributed by atoms with E-state index in [-0.39, 0.29) is 6.10 Å². The average molecular weight is 374 g/mol. The van der Waals surface area contributed by atoms with Gasteiger partial charge in [-0.3, -0.25) is 0 Å². The molecule has 4 aromatic rings. The van der Waals surface area contributed by atoms with Crippen LogP contribution in [-0.2, 0) is 11.3 Å². The van der Waals surface area contributed by atoms with Gasteiger partial charge in [0, 0.05) is 12.2 Å². The molecule has 0 bridgehead atoms. The molecule has 1 aromatic carbocycles. The minimum absolute atomic E-state index is 0.0455. The predicted molar refractivity (Wildman–Crippen MR) is 106 cm³/mol. The lowest BCUT2D eigenvalue weighted by Gasteiger charge is -2.20. The number of hydrogen-bond acceptors (Lipinski definition) is 4. The lowest BCUT2D eigenvalue weighted by Crippen LogP contribution is -2.10. The molecule has 0 unspecified atom stereocenters. The van der Waals surface area contributed by atoms with E-state index in [1.807, 2.05) is 48.8 Å². The third-order valence-corrected chi connectivity index (χ3v) is 5.15. The van der Waals surface area contributed by atoms with Crippen molar-refractivity contribution >= 4 is 0 Å². The van der Waals surface area contributed by atoms with Gasteiger partial charge in [0.25, 0.3) is 0 Å². The molecule has 0 saturated carbocycles. The summed E-state index contributed by atoms with van der Waals surface area (Å²) in [7, 11) is 0. The number of hydrogen-bond donors (Lipinski definition) is 0. The van der Waals surface area contributed by atoms with Gasteiger partial charge < -0.3 is 18.1 Å². The van der Waals surface area contributed by atoms with E-state index < -0.39 is 0 Å². The highest BCUT2D eigenvalue weighted by atomic mass is 16.5. The number of rotatable bonds is 5. The van der Waals surface area contributed by atoms with Crippen molar-refractivity contribution in [2.24, 2.45) is 0 Å². The Bertz CT molecular complexity index is 1030. The Morgan fingerprint density at radius 3 is 2.71 bits per heavy atom. The Hall–Kier alpha value is -3.05. The number of benzene rings is 1. The van der Waals surface area contributed by atoms with Gasteiger partial charge in [-0.05, 0) is 43.5 Å². The van der Waals surface area contributed by atoms with Crippen molar-refractivity contribution in [2.45, 2.75) is 31.9 Å². The van der Waals surface area contributed by atoms with Gasteiger partial charge in [-0.2, -0.15) is 0 Å². The van der Waals surface area contributed by atoms with Crippen molar-refractivity contribution < 1.29 is 13.6 Å². The molecule has 1 atom stereocenters. The van der Waals surface area contributed by atoms with E-state index in [0.29, 0.717) is 6.54 Å². The van der Waals surface area contributed by atoms with E-state index in [1.54, 1.807) is 6.26 Å². The van der Waals surface area contributed by atoms with E-state index >= 15 is 0 Å². The lowest BCUT2D eigenvalue weighted by molar-refractivity contribution is 0.00220. The van der Waals surface area contributed by atoms with Crippen LogP contribution in [0, 0.1) is 0 Å². The molecule has 0 N–H and O–H groups in total. The first-order valence-electron chi connectivity index (χ1n) is 9.73. The topological polar surface area (TPSA) is 53.3 Å². The van der Waals surface area contributed by atoms with Gasteiger partial charge in [-0.15, -0.1) is 0 Å². The zero-order valence-electron chi connectivity index (χ0n) is 15.6. The molecule has 5 rings (SSSR count). The van der Waals surface area contributed by atoms with Crippen LogP contribution >= 0.6 is 0 Å². The van der Waals surface area contributed by atoms with Crippen LogP contribution in [0.15, 0.2) is 76.0 Å². The molecule has 1 saturated heterocycles. The van der Waals surface area contributed by atoms with Crippen molar-refractivity contribution in [3.63, 3.8) is 0 Å². The monoisotopic (exact) mass is 374 g/mol. The highest BCUT2D eigenvalue weighted by Crippen LogP contribution is 2.36. The summed E-state index contributed by atoms with van der Waals surface area (Å²) in [5.41, 5.74) is 2.91. The first-order valence-corrected chi connectivity index (χ1v) is 9.73. The molecule has 28 heavy (non-hydrogen) atoms. The van der Waals surface area contributed by atoms with Gasteiger partial charge in [0.2, 0.25) is 0 Å².